The lowest BCUT2D eigenvalue weighted by Crippen LogP contribution is -2.46. The topological polar surface area (TPSA) is 47.4 Å². The van der Waals surface area contributed by atoms with E-state index < -0.39 is 6.10 Å². The summed E-state index contributed by atoms with van der Waals surface area (Å²) in [5, 5.41) is 0. The monoisotopic (exact) mass is 285 g/mol. The Bertz CT molecular complexity index is 623. The molecule has 5 nitrogen and oxygen atoms in total. The van der Waals surface area contributed by atoms with Crippen molar-refractivity contribution < 1.29 is 9.53 Å². The van der Waals surface area contributed by atoms with Gasteiger partial charge in [0.1, 0.15) is 5.75 Å². The first kappa shape index (κ1) is 13.7. The molecule has 0 aliphatic carbocycles. The lowest BCUT2D eigenvalue weighted by Gasteiger charge is -2.36. The van der Waals surface area contributed by atoms with E-state index in [9.17, 15) is 4.79 Å². The number of nitrogens with zero attached hydrogens (tertiary/aromatic N) is 3. The van der Waals surface area contributed by atoms with E-state index in [4.69, 9.17) is 4.74 Å². The van der Waals surface area contributed by atoms with Gasteiger partial charge in [0.25, 0.3) is 5.91 Å². The van der Waals surface area contributed by atoms with Crippen LogP contribution in [0.5, 0.6) is 5.75 Å². The van der Waals surface area contributed by atoms with Crippen LogP contribution in [0.1, 0.15) is 25.6 Å². The molecule has 0 saturated heterocycles. The number of carbonyl (C=O) groups is 1. The zero-order chi connectivity index (χ0) is 14.8. The number of aromatic nitrogens is 2. The van der Waals surface area contributed by atoms with Crippen molar-refractivity contribution in [2.24, 2.45) is 0 Å². The molecule has 0 bridgehead atoms. The van der Waals surface area contributed by atoms with Crippen LogP contribution in [0.4, 0.5) is 0 Å². The maximum Gasteiger partial charge on any atom is 0.263 e. The van der Waals surface area contributed by atoms with Gasteiger partial charge < -0.3 is 14.2 Å². The molecule has 0 spiro atoms. The maximum absolute atomic E-state index is 12.6. The molecule has 1 aliphatic heterocycles. The molecule has 1 aliphatic rings. The molecule has 2 aromatic heterocycles. The first-order chi connectivity index (χ1) is 10.2. The van der Waals surface area contributed by atoms with E-state index in [0.717, 1.165) is 6.54 Å². The van der Waals surface area contributed by atoms with Crippen LogP contribution in [0.25, 0.3) is 0 Å². The quantitative estimate of drug-likeness (QED) is 0.869. The first-order valence-corrected chi connectivity index (χ1v) is 7.19. The highest BCUT2D eigenvalue weighted by molar-refractivity contribution is 5.81. The van der Waals surface area contributed by atoms with Gasteiger partial charge in [-0.3, -0.25) is 9.78 Å². The van der Waals surface area contributed by atoms with E-state index in [0.29, 0.717) is 12.3 Å². The predicted molar refractivity (Wildman–Crippen MR) is 78.9 cm³/mol. The molecule has 0 aromatic carbocycles. The number of ether oxygens (including phenoxy) is 1. The van der Waals surface area contributed by atoms with Crippen molar-refractivity contribution in [2.75, 3.05) is 6.54 Å². The molecular formula is C16H19N3O2. The van der Waals surface area contributed by atoms with Crippen LogP contribution < -0.4 is 4.74 Å². The standard InChI is InChI=1S/C16H19N3O2/c1-12-15-6-4-8-18(15)9-10-19(12)16(20)13(2)21-14-5-3-7-17-11-14/h3-8,11-13H,9-10H2,1-2H3/t12-,13-/m0/s1. The summed E-state index contributed by atoms with van der Waals surface area (Å²) >= 11 is 0. The van der Waals surface area contributed by atoms with Crippen LogP contribution in [0, 0.1) is 0 Å². The molecule has 21 heavy (non-hydrogen) atoms. The lowest BCUT2D eigenvalue weighted by atomic mass is 10.1. The smallest absolute Gasteiger partial charge is 0.263 e. The molecule has 0 radical (unpaired) electrons. The number of hydrogen-bond acceptors (Lipinski definition) is 3. The second-order valence-electron chi connectivity index (χ2n) is 5.28. The van der Waals surface area contributed by atoms with Crippen molar-refractivity contribution in [1.29, 1.82) is 0 Å². The molecule has 110 valence electrons. The SMILES string of the molecule is C[C@H](Oc1cccnc1)C(=O)N1CCn2cccc2[C@@H]1C. The van der Waals surface area contributed by atoms with Gasteiger partial charge in [-0.05, 0) is 38.1 Å². The fourth-order valence-corrected chi connectivity index (χ4v) is 2.78. The van der Waals surface area contributed by atoms with Gasteiger partial charge in [-0.2, -0.15) is 0 Å². The van der Waals surface area contributed by atoms with E-state index in [1.54, 1.807) is 25.4 Å². The van der Waals surface area contributed by atoms with Crippen molar-refractivity contribution in [3.05, 3.63) is 48.5 Å². The Morgan fingerprint density at radius 1 is 1.38 bits per heavy atom. The summed E-state index contributed by atoms with van der Waals surface area (Å²) in [5.41, 5.74) is 1.17. The highest BCUT2D eigenvalue weighted by Crippen LogP contribution is 2.26. The summed E-state index contributed by atoms with van der Waals surface area (Å²) in [4.78, 5) is 18.5. The highest BCUT2D eigenvalue weighted by Gasteiger charge is 2.30. The van der Waals surface area contributed by atoms with Crippen molar-refractivity contribution in [3.8, 4) is 5.75 Å². The second-order valence-corrected chi connectivity index (χ2v) is 5.28. The van der Waals surface area contributed by atoms with Crippen LogP contribution in [-0.4, -0.2) is 33.0 Å². The maximum atomic E-state index is 12.6. The Morgan fingerprint density at radius 3 is 3.00 bits per heavy atom. The molecule has 0 saturated carbocycles. The third-order valence-corrected chi connectivity index (χ3v) is 3.92. The van der Waals surface area contributed by atoms with Gasteiger partial charge in [0.2, 0.25) is 0 Å². The van der Waals surface area contributed by atoms with E-state index in [1.807, 2.05) is 17.0 Å². The number of carbonyl (C=O) groups excluding carboxylic acids is 1. The number of pyridine rings is 1. The summed E-state index contributed by atoms with van der Waals surface area (Å²) in [6.07, 6.45) is 4.84. The van der Waals surface area contributed by atoms with E-state index >= 15 is 0 Å². The van der Waals surface area contributed by atoms with Gasteiger partial charge in [-0.15, -0.1) is 0 Å². The third-order valence-electron chi connectivity index (χ3n) is 3.92. The van der Waals surface area contributed by atoms with E-state index in [1.165, 1.54) is 5.69 Å². The Morgan fingerprint density at radius 2 is 2.24 bits per heavy atom. The number of rotatable bonds is 3. The Labute approximate surface area is 124 Å². The van der Waals surface area contributed by atoms with Crippen molar-refractivity contribution in [1.82, 2.24) is 14.5 Å². The number of fused-ring (bicyclic) bond motifs is 1. The fourth-order valence-electron chi connectivity index (χ4n) is 2.78. The summed E-state index contributed by atoms with van der Waals surface area (Å²) < 4.78 is 7.88. The minimum atomic E-state index is -0.516. The summed E-state index contributed by atoms with van der Waals surface area (Å²) in [5.74, 6) is 0.630. The zero-order valence-electron chi connectivity index (χ0n) is 12.3. The number of amides is 1. The lowest BCUT2D eigenvalue weighted by molar-refractivity contribution is -0.141. The molecule has 5 heteroatoms. The molecule has 3 rings (SSSR count). The van der Waals surface area contributed by atoms with Crippen LogP contribution in [-0.2, 0) is 11.3 Å². The molecule has 3 heterocycles. The van der Waals surface area contributed by atoms with Crippen LogP contribution in [0.2, 0.25) is 0 Å². The van der Waals surface area contributed by atoms with Crippen molar-refractivity contribution in [2.45, 2.75) is 32.5 Å². The van der Waals surface area contributed by atoms with E-state index in [2.05, 4.69) is 28.7 Å². The minimum Gasteiger partial charge on any atom is -0.479 e. The first-order valence-electron chi connectivity index (χ1n) is 7.19. The van der Waals surface area contributed by atoms with E-state index in [-0.39, 0.29) is 11.9 Å². The van der Waals surface area contributed by atoms with Crippen LogP contribution in [0.3, 0.4) is 0 Å². The van der Waals surface area contributed by atoms with Gasteiger partial charge in [-0.1, -0.05) is 0 Å². The molecule has 2 aromatic rings. The molecular weight excluding hydrogens is 266 g/mol. The molecule has 2 atom stereocenters. The van der Waals surface area contributed by atoms with Crippen LogP contribution in [0.15, 0.2) is 42.9 Å². The van der Waals surface area contributed by atoms with Gasteiger partial charge in [0, 0.05) is 31.2 Å². The van der Waals surface area contributed by atoms with Crippen LogP contribution >= 0.6 is 0 Å². The Hall–Kier alpha value is -2.30. The van der Waals surface area contributed by atoms with Gasteiger partial charge in [0.05, 0.1) is 12.2 Å². The number of hydrogen-bond donors (Lipinski definition) is 0. The average Bonchev–Trinajstić information content (AvgIpc) is 2.97. The van der Waals surface area contributed by atoms with Gasteiger partial charge >= 0.3 is 0 Å². The Balaban J connectivity index is 1.71. The predicted octanol–water partition coefficient (Wildman–Crippen LogP) is 2.25. The zero-order valence-corrected chi connectivity index (χ0v) is 12.3. The molecule has 0 unspecified atom stereocenters. The van der Waals surface area contributed by atoms with Crippen molar-refractivity contribution in [3.63, 3.8) is 0 Å². The molecule has 0 fully saturated rings. The molecule has 1 amide bonds. The largest absolute Gasteiger partial charge is 0.479 e. The second kappa shape index (κ2) is 5.60. The normalized spacial score (nSPS) is 19.0. The Kier molecular flexibility index (Phi) is 3.64. The summed E-state index contributed by atoms with van der Waals surface area (Å²) in [6.45, 7) is 5.38. The summed E-state index contributed by atoms with van der Waals surface area (Å²) in [6, 6.07) is 7.76. The average molecular weight is 285 g/mol. The van der Waals surface area contributed by atoms with Gasteiger partial charge in [0.15, 0.2) is 6.10 Å². The fraction of sp³-hybridized carbons (Fsp3) is 0.375. The summed E-state index contributed by atoms with van der Waals surface area (Å²) in [7, 11) is 0. The highest BCUT2D eigenvalue weighted by atomic mass is 16.5. The molecule has 0 N–H and O–H groups in total. The minimum absolute atomic E-state index is 0.0128. The third kappa shape index (κ3) is 2.63. The van der Waals surface area contributed by atoms with Crippen molar-refractivity contribution >= 4 is 5.91 Å². The van der Waals surface area contributed by atoms with Gasteiger partial charge in [-0.25, -0.2) is 0 Å².